The lowest BCUT2D eigenvalue weighted by Crippen LogP contribution is -2.13. The van der Waals surface area contributed by atoms with E-state index in [1.54, 1.807) is 16.7 Å². The Kier molecular flexibility index (Phi) is 4.60. The number of aromatic nitrogens is 5. The number of thioether (sulfide) groups is 1. The topological polar surface area (TPSA) is 67.7 Å². The predicted octanol–water partition coefficient (Wildman–Crippen LogP) is 2.32. The predicted molar refractivity (Wildman–Crippen MR) is 75.0 cm³/mol. The molecule has 0 aromatic carbocycles. The van der Waals surface area contributed by atoms with Gasteiger partial charge < -0.3 is 4.90 Å². The van der Waals surface area contributed by atoms with Gasteiger partial charge in [-0.05, 0) is 29.6 Å². The van der Waals surface area contributed by atoms with E-state index in [1.807, 2.05) is 20.4 Å². The molecule has 2 aromatic heterocycles. The summed E-state index contributed by atoms with van der Waals surface area (Å²) >= 11 is 10.2. The minimum absolute atomic E-state index is 0.172. The van der Waals surface area contributed by atoms with E-state index >= 15 is 0 Å². The first-order valence-electron chi connectivity index (χ1n) is 4.72. The first kappa shape index (κ1) is 13.8. The number of hydrogen-bond donors (Lipinski definition) is 0. The van der Waals surface area contributed by atoms with Crippen LogP contribution in [-0.2, 0) is 0 Å². The van der Waals surface area contributed by atoms with Crippen molar-refractivity contribution in [2.75, 3.05) is 25.3 Å². The first-order chi connectivity index (χ1) is 8.58. The van der Waals surface area contributed by atoms with Crippen LogP contribution in [0, 0.1) is 0 Å². The summed E-state index contributed by atoms with van der Waals surface area (Å²) in [5, 5.41) is 8.74. The summed E-state index contributed by atoms with van der Waals surface area (Å²) in [4.78, 5) is 14.1. The third-order valence-electron chi connectivity index (χ3n) is 1.72. The van der Waals surface area contributed by atoms with Gasteiger partial charge in [0, 0.05) is 14.1 Å². The van der Waals surface area contributed by atoms with E-state index in [9.17, 15) is 0 Å². The highest BCUT2D eigenvalue weighted by atomic mass is 35.5. The first-order valence-corrected chi connectivity index (χ1v) is 7.96. The summed E-state index contributed by atoms with van der Waals surface area (Å²) < 4.78 is 1.69. The van der Waals surface area contributed by atoms with Gasteiger partial charge in [-0.3, -0.25) is 0 Å². The number of anilines is 1. The van der Waals surface area contributed by atoms with Crippen molar-refractivity contribution in [2.24, 2.45) is 0 Å². The van der Waals surface area contributed by atoms with Gasteiger partial charge in [-0.15, -0.1) is 10.2 Å². The Hall–Kier alpha value is -0.640. The van der Waals surface area contributed by atoms with Crippen molar-refractivity contribution in [3.05, 3.63) is 5.28 Å². The van der Waals surface area contributed by atoms with Crippen LogP contribution in [0.25, 0.3) is 0 Å². The van der Waals surface area contributed by atoms with Crippen LogP contribution in [0.5, 0.6) is 0 Å². The van der Waals surface area contributed by atoms with Crippen molar-refractivity contribution in [3.63, 3.8) is 0 Å². The van der Waals surface area contributed by atoms with Crippen molar-refractivity contribution >= 4 is 52.4 Å². The van der Waals surface area contributed by atoms with Crippen LogP contribution in [0.1, 0.15) is 0 Å². The SMILES string of the molecule is CSc1nnc(Sc2nc(Cl)nc(N(C)C)n2)s1. The maximum absolute atomic E-state index is 5.85. The minimum Gasteiger partial charge on any atom is -0.347 e. The molecule has 0 amide bonds. The fraction of sp³-hybridized carbons (Fsp3) is 0.375. The highest BCUT2D eigenvalue weighted by Gasteiger charge is 2.11. The van der Waals surface area contributed by atoms with Crippen molar-refractivity contribution in [1.29, 1.82) is 0 Å². The third-order valence-corrected chi connectivity index (χ3v) is 4.70. The number of hydrogen-bond acceptors (Lipinski definition) is 9. The molecule has 96 valence electrons. The molecular weight excluding hydrogens is 312 g/mol. The molecule has 2 rings (SSSR count). The van der Waals surface area contributed by atoms with Crippen LogP contribution in [0.4, 0.5) is 5.95 Å². The maximum atomic E-state index is 5.85. The van der Waals surface area contributed by atoms with Gasteiger partial charge in [0.25, 0.3) is 0 Å². The Balaban J connectivity index is 2.23. The molecule has 0 atom stereocenters. The Morgan fingerprint density at radius 2 is 1.83 bits per heavy atom. The molecule has 0 saturated heterocycles. The third kappa shape index (κ3) is 3.44. The molecule has 0 unspecified atom stereocenters. The van der Waals surface area contributed by atoms with Crippen LogP contribution in [0.15, 0.2) is 13.8 Å². The van der Waals surface area contributed by atoms with Crippen molar-refractivity contribution in [2.45, 2.75) is 13.8 Å². The van der Waals surface area contributed by atoms with E-state index in [1.165, 1.54) is 23.1 Å². The molecule has 0 saturated carbocycles. The van der Waals surface area contributed by atoms with Gasteiger partial charge >= 0.3 is 0 Å². The number of halogens is 1. The van der Waals surface area contributed by atoms with E-state index in [4.69, 9.17) is 11.6 Å². The van der Waals surface area contributed by atoms with Gasteiger partial charge in [-0.25, -0.2) is 0 Å². The molecule has 0 aliphatic carbocycles. The van der Waals surface area contributed by atoms with E-state index in [0.29, 0.717) is 11.1 Å². The van der Waals surface area contributed by atoms with Gasteiger partial charge in [0.05, 0.1) is 0 Å². The lowest BCUT2D eigenvalue weighted by Gasteiger charge is -2.09. The molecule has 2 aromatic rings. The quantitative estimate of drug-likeness (QED) is 0.795. The maximum Gasteiger partial charge on any atom is 0.230 e. The highest BCUT2D eigenvalue weighted by molar-refractivity contribution is 8.02. The summed E-state index contributed by atoms with van der Waals surface area (Å²) in [6, 6.07) is 0. The fourth-order valence-electron chi connectivity index (χ4n) is 0.967. The normalized spacial score (nSPS) is 10.7. The summed E-state index contributed by atoms with van der Waals surface area (Å²) in [7, 11) is 3.69. The van der Waals surface area contributed by atoms with Crippen LogP contribution >= 0.6 is 46.5 Å². The fourth-order valence-corrected chi connectivity index (χ4v) is 3.46. The molecule has 0 aliphatic heterocycles. The Labute approximate surface area is 122 Å². The second kappa shape index (κ2) is 6.00. The van der Waals surface area contributed by atoms with Gasteiger partial charge in [0.1, 0.15) is 0 Å². The molecule has 0 spiro atoms. The molecule has 2 heterocycles. The average molecular weight is 321 g/mol. The van der Waals surface area contributed by atoms with Gasteiger partial charge in [0.2, 0.25) is 16.4 Å². The zero-order chi connectivity index (χ0) is 13.1. The van der Waals surface area contributed by atoms with E-state index < -0.39 is 0 Å². The van der Waals surface area contributed by atoms with E-state index in [0.717, 1.165) is 8.68 Å². The molecule has 0 N–H and O–H groups in total. The molecule has 0 radical (unpaired) electrons. The van der Waals surface area contributed by atoms with Crippen molar-refractivity contribution in [1.82, 2.24) is 25.1 Å². The van der Waals surface area contributed by atoms with Gasteiger partial charge in [0.15, 0.2) is 8.68 Å². The molecule has 0 bridgehead atoms. The Bertz CT molecular complexity index is 545. The average Bonchev–Trinajstić information content (AvgIpc) is 2.76. The van der Waals surface area contributed by atoms with Crippen LogP contribution < -0.4 is 4.90 Å². The zero-order valence-electron chi connectivity index (χ0n) is 9.79. The summed E-state index contributed by atoms with van der Waals surface area (Å²) in [6.45, 7) is 0. The summed E-state index contributed by atoms with van der Waals surface area (Å²) in [5.41, 5.74) is 0. The Morgan fingerprint density at radius 3 is 2.44 bits per heavy atom. The van der Waals surface area contributed by atoms with Crippen LogP contribution in [0.3, 0.4) is 0 Å². The summed E-state index contributed by atoms with van der Waals surface area (Å²) in [5.74, 6) is 0.520. The summed E-state index contributed by atoms with van der Waals surface area (Å²) in [6.07, 6.45) is 1.96. The zero-order valence-corrected chi connectivity index (χ0v) is 13.0. The van der Waals surface area contributed by atoms with Crippen LogP contribution in [-0.4, -0.2) is 45.5 Å². The molecule has 18 heavy (non-hydrogen) atoms. The molecule has 0 fully saturated rings. The molecular formula is C8H9ClN6S3. The smallest absolute Gasteiger partial charge is 0.230 e. The number of rotatable bonds is 4. The van der Waals surface area contributed by atoms with Crippen molar-refractivity contribution < 1.29 is 0 Å². The molecule has 6 nitrogen and oxygen atoms in total. The number of nitrogens with zero attached hydrogens (tertiary/aromatic N) is 6. The largest absolute Gasteiger partial charge is 0.347 e. The minimum atomic E-state index is 0.172. The second-order valence-electron chi connectivity index (χ2n) is 3.22. The van der Waals surface area contributed by atoms with Gasteiger partial charge in [-0.1, -0.05) is 23.1 Å². The highest BCUT2D eigenvalue weighted by Crippen LogP contribution is 2.31. The van der Waals surface area contributed by atoms with Crippen molar-refractivity contribution in [3.8, 4) is 0 Å². The molecule has 0 aliphatic rings. The van der Waals surface area contributed by atoms with E-state index in [-0.39, 0.29) is 5.28 Å². The van der Waals surface area contributed by atoms with E-state index in [2.05, 4.69) is 25.1 Å². The second-order valence-corrected chi connectivity index (χ2v) is 6.80. The standard InChI is InChI=1S/C8H9ClN6S3/c1-15(2)5-10-4(9)11-6(12-5)17-8-14-13-7(16-3)18-8/h1-3H3. The Morgan fingerprint density at radius 1 is 1.11 bits per heavy atom. The lowest BCUT2D eigenvalue weighted by atomic mass is 10.8. The lowest BCUT2D eigenvalue weighted by molar-refractivity contribution is 0.862. The van der Waals surface area contributed by atoms with Gasteiger partial charge in [-0.2, -0.15) is 15.0 Å². The monoisotopic (exact) mass is 320 g/mol. The molecule has 10 heteroatoms. The van der Waals surface area contributed by atoms with Crippen LogP contribution in [0.2, 0.25) is 5.28 Å².